The molecule has 2 heterocycles. The van der Waals surface area contributed by atoms with Gasteiger partial charge in [0.05, 0.1) is 28.1 Å². The summed E-state index contributed by atoms with van der Waals surface area (Å²) in [4.78, 5) is 0. The Morgan fingerprint density at radius 2 is 0.962 bits per heavy atom. The molecule has 53 heavy (non-hydrogen) atoms. The van der Waals surface area contributed by atoms with Crippen molar-refractivity contribution in [1.82, 2.24) is 9.13 Å². The second kappa shape index (κ2) is 12.4. The quantitative estimate of drug-likeness (QED) is 0.178. The molecule has 0 aliphatic heterocycles. The minimum absolute atomic E-state index is 0.223. The summed E-state index contributed by atoms with van der Waals surface area (Å²) in [6, 6.07) is 61.9. The Kier molecular flexibility index (Phi) is 7.23. The third-order valence-electron chi connectivity index (χ3n) is 11.0. The number of allylic oxidation sites excluding steroid dienone is 4. The lowest BCUT2D eigenvalue weighted by atomic mass is 9.86. The zero-order chi connectivity index (χ0) is 35.5. The van der Waals surface area contributed by atoms with Crippen molar-refractivity contribution in [1.29, 1.82) is 5.26 Å². The van der Waals surface area contributed by atoms with Crippen LogP contribution in [0.1, 0.15) is 18.9 Å². The molecule has 0 saturated heterocycles. The molecule has 1 unspecified atom stereocenters. The van der Waals surface area contributed by atoms with Gasteiger partial charge < -0.3 is 9.13 Å². The summed E-state index contributed by atoms with van der Waals surface area (Å²) >= 11 is 0. The molecule has 0 fully saturated rings. The van der Waals surface area contributed by atoms with E-state index in [-0.39, 0.29) is 5.92 Å². The number of hydrogen-bond acceptors (Lipinski definition) is 1. The fraction of sp³-hybridized carbons (Fsp3) is 0.0600. The molecule has 1 aliphatic rings. The first-order valence-corrected chi connectivity index (χ1v) is 18.3. The van der Waals surface area contributed by atoms with E-state index in [1.807, 2.05) is 6.08 Å². The number of aromatic nitrogens is 2. The van der Waals surface area contributed by atoms with Gasteiger partial charge in [0.2, 0.25) is 0 Å². The predicted octanol–water partition coefficient (Wildman–Crippen LogP) is 13.1. The Hall–Kier alpha value is -6.89. The van der Waals surface area contributed by atoms with E-state index in [1.165, 1.54) is 82.7 Å². The summed E-state index contributed by atoms with van der Waals surface area (Å²) in [6.07, 6.45) is 4.96. The highest BCUT2D eigenvalue weighted by atomic mass is 15.0. The number of nitriles is 1. The van der Waals surface area contributed by atoms with Crippen LogP contribution in [0.4, 0.5) is 0 Å². The van der Waals surface area contributed by atoms with Gasteiger partial charge in [-0.2, -0.15) is 5.26 Å². The van der Waals surface area contributed by atoms with Crippen molar-refractivity contribution in [2.45, 2.75) is 13.3 Å². The van der Waals surface area contributed by atoms with Gasteiger partial charge in [0.1, 0.15) is 0 Å². The van der Waals surface area contributed by atoms with Gasteiger partial charge in [0.25, 0.3) is 0 Å². The summed E-state index contributed by atoms with van der Waals surface area (Å²) in [5.41, 5.74) is 15.2. The first kappa shape index (κ1) is 30.9. The van der Waals surface area contributed by atoms with Crippen LogP contribution < -0.4 is 0 Å². The van der Waals surface area contributed by atoms with E-state index in [0.717, 1.165) is 17.7 Å². The Morgan fingerprint density at radius 1 is 0.453 bits per heavy atom. The van der Waals surface area contributed by atoms with Gasteiger partial charge in [-0.3, -0.25) is 0 Å². The van der Waals surface area contributed by atoms with Gasteiger partial charge in [-0.05, 0) is 112 Å². The molecule has 1 aliphatic carbocycles. The Labute approximate surface area is 308 Å². The normalized spacial score (nSPS) is 14.5. The van der Waals surface area contributed by atoms with Gasteiger partial charge in [-0.25, -0.2) is 0 Å². The minimum Gasteiger partial charge on any atom is -0.309 e. The molecule has 3 heteroatoms. The Morgan fingerprint density at radius 3 is 1.55 bits per heavy atom. The summed E-state index contributed by atoms with van der Waals surface area (Å²) in [7, 11) is 0. The molecule has 0 radical (unpaired) electrons. The largest absolute Gasteiger partial charge is 0.309 e. The van der Waals surface area contributed by atoms with E-state index in [4.69, 9.17) is 0 Å². The summed E-state index contributed by atoms with van der Waals surface area (Å²) in [5, 5.41) is 14.5. The van der Waals surface area contributed by atoms with Crippen LogP contribution in [0.5, 0.6) is 0 Å². The molecule has 1 atom stereocenters. The zero-order valence-electron chi connectivity index (χ0n) is 29.4. The van der Waals surface area contributed by atoms with Crippen LogP contribution in [0.15, 0.2) is 182 Å². The summed E-state index contributed by atoms with van der Waals surface area (Å²) < 4.78 is 4.75. The van der Waals surface area contributed by atoms with Gasteiger partial charge in [-0.15, -0.1) is 0 Å². The number of para-hydroxylation sites is 3. The maximum atomic E-state index is 9.48. The number of hydrogen-bond donors (Lipinski definition) is 0. The smallest absolute Gasteiger partial charge is 0.0950 e. The van der Waals surface area contributed by atoms with Gasteiger partial charge in [0.15, 0.2) is 0 Å². The van der Waals surface area contributed by atoms with Crippen LogP contribution in [-0.2, 0) is 0 Å². The second-order valence-corrected chi connectivity index (χ2v) is 14.2. The number of nitrogens with zero attached hydrogens (tertiary/aromatic N) is 3. The fourth-order valence-corrected chi connectivity index (χ4v) is 8.36. The van der Waals surface area contributed by atoms with Crippen LogP contribution in [-0.4, -0.2) is 9.13 Å². The van der Waals surface area contributed by atoms with Crippen LogP contribution >= 0.6 is 0 Å². The van der Waals surface area contributed by atoms with Crippen molar-refractivity contribution in [2.75, 3.05) is 0 Å². The first-order valence-electron chi connectivity index (χ1n) is 18.3. The standard InChI is InChI=1S/C50H35N3/c1-33-28-37(22-23-40(33)32-51)36-10-9-13-42(29-36)53-48-17-8-6-15-44(48)46-31-39(25-27-50(46)53)35-20-18-34(19-21-35)38-24-26-49-45(30-38)43-14-5-7-16-47(43)52(49)41-11-3-2-4-12-41/h2-27,29-31,33H,28H2,1H3. The molecule has 3 nitrogen and oxygen atoms in total. The Balaban J connectivity index is 1.02. The highest BCUT2D eigenvalue weighted by molar-refractivity contribution is 6.11. The van der Waals surface area contributed by atoms with Gasteiger partial charge in [-0.1, -0.05) is 116 Å². The third kappa shape index (κ3) is 5.11. The lowest BCUT2D eigenvalue weighted by molar-refractivity contribution is 0.719. The number of fused-ring (bicyclic) bond motifs is 6. The molecular formula is C50H35N3. The first-order chi connectivity index (χ1) is 26.1. The van der Waals surface area contributed by atoms with E-state index in [9.17, 15) is 5.26 Å². The molecule has 0 bridgehead atoms. The molecule has 2 aromatic heterocycles. The molecule has 9 aromatic rings. The molecule has 0 saturated carbocycles. The fourth-order valence-electron chi connectivity index (χ4n) is 8.36. The average molecular weight is 678 g/mol. The zero-order valence-corrected chi connectivity index (χ0v) is 29.4. The molecule has 10 rings (SSSR count). The predicted molar refractivity (Wildman–Crippen MR) is 221 cm³/mol. The van der Waals surface area contributed by atoms with E-state index in [2.05, 4.69) is 192 Å². The van der Waals surface area contributed by atoms with Crippen LogP contribution in [0, 0.1) is 17.2 Å². The number of benzene rings is 7. The third-order valence-corrected chi connectivity index (χ3v) is 11.0. The highest BCUT2D eigenvalue weighted by Gasteiger charge is 2.18. The molecule has 250 valence electrons. The molecule has 7 aromatic carbocycles. The highest BCUT2D eigenvalue weighted by Crippen LogP contribution is 2.38. The summed E-state index contributed by atoms with van der Waals surface area (Å²) in [5.74, 6) is 0.223. The van der Waals surface area contributed by atoms with E-state index < -0.39 is 0 Å². The van der Waals surface area contributed by atoms with E-state index in [0.29, 0.717) is 0 Å². The van der Waals surface area contributed by atoms with Gasteiger partial charge >= 0.3 is 0 Å². The average Bonchev–Trinajstić information content (AvgIpc) is 3.73. The lowest BCUT2D eigenvalue weighted by Crippen LogP contribution is -2.04. The van der Waals surface area contributed by atoms with Crippen LogP contribution in [0.3, 0.4) is 0 Å². The topological polar surface area (TPSA) is 33.6 Å². The SMILES string of the molecule is CC1CC(c2cccc(-n3c4ccccc4c4cc(-c5ccc(-c6ccc7c(c6)c6ccccc6n7-c6ccccc6)cc5)ccc43)c2)=CC=C1C#N. The van der Waals surface area contributed by atoms with Crippen LogP contribution in [0.25, 0.3) is 82.8 Å². The van der Waals surface area contributed by atoms with Crippen LogP contribution in [0.2, 0.25) is 0 Å². The summed E-state index contributed by atoms with van der Waals surface area (Å²) in [6.45, 7) is 2.13. The number of rotatable bonds is 5. The maximum absolute atomic E-state index is 9.48. The van der Waals surface area contributed by atoms with Crippen molar-refractivity contribution in [3.05, 3.63) is 187 Å². The van der Waals surface area contributed by atoms with Crippen molar-refractivity contribution in [2.24, 2.45) is 5.92 Å². The van der Waals surface area contributed by atoms with Crippen molar-refractivity contribution in [3.8, 4) is 39.7 Å². The van der Waals surface area contributed by atoms with E-state index >= 15 is 0 Å². The Bertz CT molecular complexity index is 2980. The molecule has 0 N–H and O–H groups in total. The molecule has 0 amide bonds. The lowest BCUT2D eigenvalue weighted by Gasteiger charge is -2.18. The second-order valence-electron chi connectivity index (χ2n) is 14.2. The van der Waals surface area contributed by atoms with Crippen molar-refractivity contribution in [3.63, 3.8) is 0 Å². The minimum atomic E-state index is 0.223. The maximum Gasteiger partial charge on any atom is 0.0950 e. The molecule has 0 spiro atoms. The van der Waals surface area contributed by atoms with Crippen molar-refractivity contribution < 1.29 is 0 Å². The molecular weight excluding hydrogens is 643 g/mol. The van der Waals surface area contributed by atoms with E-state index in [1.54, 1.807) is 0 Å². The van der Waals surface area contributed by atoms with Crippen molar-refractivity contribution >= 4 is 49.2 Å². The van der Waals surface area contributed by atoms with Gasteiger partial charge in [0, 0.05) is 38.5 Å². The monoisotopic (exact) mass is 677 g/mol.